The van der Waals surface area contributed by atoms with Crippen LogP contribution in [0.15, 0.2) is 45.1 Å². The maximum atomic E-state index is 11.8. The van der Waals surface area contributed by atoms with Gasteiger partial charge in [-0.05, 0) is 41.1 Å². The third-order valence-corrected chi connectivity index (χ3v) is 3.67. The second-order valence-corrected chi connectivity index (χ2v) is 5.70. The number of carbonyl (C=O) groups is 1. The smallest absolute Gasteiger partial charge is 0.340 e. The Balaban J connectivity index is 2.22. The summed E-state index contributed by atoms with van der Waals surface area (Å²) >= 11 is 4.67. The fraction of sp³-hybridized carbons (Fsp3) is 0.154. The van der Waals surface area contributed by atoms with Gasteiger partial charge < -0.3 is 10.5 Å². The summed E-state index contributed by atoms with van der Waals surface area (Å²) in [6.45, 7) is 2.05. The Morgan fingerprint density at radius 3 is 2.75 bits per heavy atom. The molecule has 2 aromatic rings. The highest BCUT2D eigenvalue weighted by Crippen LogP contribution is 2.27. The Bertz CT molecular complexity index is 620. The molecule has 0 saturated carbocycles. The molecule has 7 heteroatoms. The number of hydrogen-bond acceptors (Lipinski definition) is 6. The van der Waals surface area contributed by atoms with Crippen LogP contribution in [0.4, 0.5) is 5.69 Å². The van der Waals surface area contributed by atoms with E-state index in [1.807, 2.05) is 12.1 Å². The van der Waals surface area contributed by atoms with Crippen molar-refractivity contribution in [1.82, 2.24) is 9.97 Å². The molecule has 2 heterocycles. The fourth-order valence-electron chi connectivity index (χ4n) is 1.42. The molecule has 0 aliphatic heterocycles. The molecule has 0 amide bonds. The van der Waals surface area contributed by atoms with E-state index < -0.39 is 5.97 Å². The second-order valence-electron chi connectivity index (χ2n) is 3.75. The number of anilines is 1. The minimum Gasteiger partial charge on any atom is -0.462 e. The lowest BCUT2D eigenvalue weighted by atomic mass is 10.2. The number of halogens is 1. The van der Waals surface area contributed by atoms with Crippen LogP contribution in [-0.2, 0) is 4.74 Å². The lowest BCUT2D eigenvalue weighted by molar-refractivity contribution is 0.0527. The topological polar surface area (TPSA) is 78.1 Å². The van der Waals surface area contributed by atoms with E-state index in [-0.39, 0.29) is 0 Å². The lowest BCUT2D eigenvalue weighted by Gasteiger charge is -2.07. The zero-order valence-electron chi connectivity index (χ0n) is 10.7. The van der Waals surface area contributed by atoms with Crippen molar-refractivity contribution in [2.45, 2.75) is 17.0 Å². The normalized spacial score (nSPS) is 10.3. The fourth-order valence-corrected chi connectivity index (χ4v) is 2.39. The van der Waals surface area contributed by atoms with Crippen molar-refractivity contribution in [2.24, 2.45) is 0 Å². The quantitative estimate of drug-likeness (QED) is 0.850. The van der Waals surface area contributed by atoms with Gasteiger partial charge in [0.2, 0.25) is 0 Å². The van der Waals surface area contributed by atoms with Gasteiger partial charge in [0.25, 0.3) is 0 Å². The van der Waals surface area contributed by atoms with Gasteiger partial charge in [-0.25, -0.2) is 14.8 Å². The van der Waals surface area contributed by atoms with E-state index in [4.69, 9.17) is 10.5 Å². The first-order valence-electron chi connectivity index (χ1n) is 5.82. The summed E-state index contributed by atoms with van der Waals surface area (Å²) in [5.74, 6) is -0.446. The van der Waals surface area contributed by atoms with Gasteiger partial charge in [-0.2, -0.15) is 0 Å². The van der Waals surface area contributed by atoms with Gasteiger partial charge in [0, 0.05) is 10.7 Å². The van der Waals surface area contributed by atoms with Gasteiger partial charge in [0.15, 0.2) is 0 Å². The number of nitrogens with two attached hydrogens (primary N) is 1. The zero-order chi connectivity index (χ0) is 14.5. The summed E-state index contributed by atoms with van der Waals surface area (Å²) < 4.78 is 5.85. The first-order valence-corrected chi connectivity index (χ1v) is 7.43. The molecule has 2 rings (SSSR count). The molecule has 0 saturated heterocycles. The van der Waals surface area contributed by atoms with Crippen LogP contribution < -0.4 is 5.73 Å². The Kier molecular flexibility index (Phi) is 4.97. The van der Waals surface area contributed by atoms with Gasteiger partial charge in [-0.15, -0.1) is 0 Å². The van der Waals surface area contributed by atoms with Crippen LogP contribution in [0.2, 0.25) is 0 Å². The molecule has 104 valence electrons. The first-order chi connectivity index (χ1) is 9.60. The van der Waals surface area contributed by atoms with E-state index in [0.29, 0.717) is 22.9 Å². The van der Waals surface area contributed by atoms with Gasteiger partial charge in [0.05, 0.1) is 24.1 Å². The van der Waals surface area contributed by atoms with Gasteiger partial charge in [0.1, 0.15) is 10.1 Å². The van der Waals surface area contributed by atoms with Crippen LogP contribution >= 0.6 is 27.7 Å². The first kappa shape index (κ1) is 14.8. The van der Waals surface area contributed by atoms with E-state index in [9.17, 15) is 4.79 Å². The van der Waals surface area contributed by atoms with E-state index in [0.717, 1.165) is 9.50 Å². The molecule has 0 atom stereocenters. The van der Waals surface area contributed by atoms with Crippen molar-refractivity contribution in [3.8, 4) is 0 Å². The summed E-state index contributed by atoms with van der Waals surface area (Å²) in [5, 5.41) is 1.41. The highest BCUT2D eigenvalue weighted by atomic mass is 79.9. The average molecular weight is 354 g/mol. The van der Waals surface area contributed by atoms with Crippen molar-refractivity contribution in [2.75, 3.05) is 12.3 Å². The van der Waals surface area contributed by atoms with Crippen LogP contribution in [0.5, 0.6) is 0 Å². The van der Waals surface area contributed by atoms with Crippen LogP contribution in [0.25, 0.3) is 0 Å². The molecule has 0 unspecified atom stereocenters. The number of pyridine rings is 2. The summed E-state index contributed by atoms with van der Waals surface area (Å²) in [5.41, 5.74) is 6.36. The highest BCUT2D eigenvalue weighted by molar-refractivity contribution is 9.10. The number of rotatable bonds is 4. The van der Waals surface area contributed by atoms with Crippen molar-refractivity contribution >= 4 is 39.3 Å². The van der Waals surface area contributed by atoms with E-state index in [2.05, 4.69) is 25.9 Å². The summed E-state index contributed by atoms with van der Waals surface area (Å²) in [6, 6.07) is 5.36. The van der Waals surface area contributed by atoms with Crippen LogP contribution in [0.1, 0.15) is 17.3 Å². The number of hydrogen-bond donors (Lipinski definition) is 1. The molecular formula is C13H12BrN3O2S. The number of nitrogen functional groups attached to an aromatic ring is 1. The van der Waals surface area contributed by atoms with Gasteiger partial charge in [-0.1, -0.05) is 11.8 Å². The SMILES string of the molecule is CCOC(=O)c1cc(Sc2ccc(Br)cn2)ncc1N. The van der Waals surface area contributed by atoms with E-state index in [1.165, 1.54) is 18.0 Å². The summed E-state index contributed by atoms with van der Waals surface area (Å²) in [7, 11) is 0. The largest absolute Gasteiger partial charge is 0.462 e. The molecule has 2 N–H and O–H groups in total. The lowest BCUT2D eigenvalue weighted by Crippen LogP contribution is -2.08. The Morgan fingerprint density at radius 2 is 2.10 bits per heavy atom. The van der Waals surface area contributed by atoms with Gasteiger partial charge >= 0.3 is 5.97 Å². The molecule has 0 aliphatic rings. The third-order valence-electron chi connectivity index (χ3n) is 2.31. The Morgan fingerprint density at radius 1 is 1.35 bits per heavy atom. The Hall–Kier alpha value is -1.60. The van der Waals surface area contributed by atoms with Crippen LogP contribution in [0, 0.1) is 0 Å². The maximum Gasteiger partial charge on any atom is 0.340 e. The van der Waals surface area contributed by atoms with Gasteiger partial charge in [-0.3, -0.25) is 0 Å². The van der Waals surface area contributed by atoms with E-state index in [1.54, 1.807) is 19.2 Å². The standard InChI is InChI=1S/C13H12BrN3O2S/c1-2-19-13(18)9-5-12(17-7-10(9)15)20-11-4-3-8(14)6-16-11/h3-7H,2,15H2,1H3. The molecule has 0 aromatic carbocycles. The van der Waals surface area contributed by atoms with Crippen molar-refractivity contribution in [1.29, 1.82) is 0 Å². The summed E-state index contributed by atoms with van der Waals surface area (Å²) in [4.78, 5) is 20.2. The number of nitrogens with zero attached hydrogens (tertiary/aromatic N) is 2. The minimum atomic E-state index is -0.446. The molecular weight excluding hydrogens is 342 g/mol. The predicted molar refractivity (Wildman–Crippen MR) is 80.7 cm³/mol. The molecule has 0 bridgehead atoms. The number of esters is 1. The molecule has 0 fully saturated rings. The molecule has 0 radical (unpaired) electrons. The molecule has 0 aliphatic carbocycles. The van der Waals surface area contributed by atoms with Crippen LogP contribution in [-0.4, -0.2) is 22.5 Å². The number of ether oxygens (including phenoxy) is 1. The maximum absolute atomic E-state index is 11.8. The second kappa shape index (κ2) is 6.71. The zero-order valence-corrected chi connectivity index (χ0v) is 13.1. The Labute approximate surface area is 129 Å². The third kappa shape index (κ3) is 3.71. The minimum absolute atomic E-state index is 0.302. The summed E-state index contributed by atoms with van der Waals surface area (Å²) in [6.07, 6.45) is 3.15. The van der Waals surface area contributed by atoms with Crippen molar-refractivity contribution < 1.29 is 9.53 Å². The monoisotopic (exact) mass is 353 g/mol. The highest BCUT2D eigenvalue weighted by Gasteiger charge is 2.13. The number of carbonyl (C=O) groups excluding carboxylic acids is 1. The molecule has 2 aromatic heterocycles. The van der Waals surface area contributed by atoms with Crippen LogP contribution in [0.3, 0.4) is 0 Å². The molecule has 5 nitrogen and oxygen atoms in total. The molecule has 20 heavy (non-hydrogen) atoms. The number of aromatic nitrogens is 2. The van der Waals surface area contributed by atoms with E-state index >= 15 is 0 Å². The molecule has 0 spiro atoms. The van der Waals surface area contributed by atoms with Crippen molar-refractivity contribution in [3.05, 3.63) is 40.6 Å². The predicted octanol–water partition coefficient (Wildman–Crippen LogP) is 3.15. The average Bonchev–Trinajstić information content (AvgIpc) is 2.43. The van der Waals surface area contributed by atoms with Crippen molar-refractivity contribution in [3.63, 3.8) is 0 Å².